The number of amides is 1. The van der Waals surface area contributed by atoms with Crippen LogP contribution in [0.4, 0.5) is 0 Å². The van der Waals surface area contributed by atoms with Gasteiger partial charge in [0.2, 0.25) is 5.91 Å². The molecule has 0 aliphatic rings. The van der Waals surface area contributed by atoms with Gasteiger partial charge in [-0.1, -0.05) is 276 Å². The summed E-state index contributed by atoms with van der Waals surface area (Å²) in [5.41, 5.74) is 0. The zero-order chi connectivity index (χ0) is 47.9. The van der Waals surface area contributed by atoms with E-state index >= 15 is 0 Å². The third kappa shape index (κ3) is 51.7. The summed E-state index contributed by atoms with van der Waals surface area (Å²) in [6.45, 7) is 4.91. The van der Waals surface area contributed by atoms with Gasteiger partial charge < -0.3 is 20.3 Å². The monoisotopic (exact) mass is 930 g/mol. The molecular weight excluding hydrogens is 815 g/mol. The van der Waals surface area contributed by atoms with E-state index in [1.807, 2.05) is 6.08 Å². The second-order valence-electron chi connectivity index (χ2n) is 20.3. The van der Waals surface area contributed by atoms with Crippen molar-refractivity contribution in [1.82, 2.24) is 5.32 Å². The van der Waals surface area contributed by atoms with E-state index in [9.17, 15) is 19.8 Å². The Hall–Kier alpha value is -1.66. The third-order valence-electron chi connectivity index (χ3n) is 13.7. The lowest BCUT2D eigenvalue weighted by Gasteiger charge is -2.20. The van der Waals surface area contributed by atoms with Crippen molar-refractivity contribution in [3.8, 4) is 0 Å². The lowest BCUT2D eigenvalue weighted by atomic mass is 10.0. The van der Waals surface area contributed by atoms with E-state index in [0.717, 1.165) is 44.9 Å². The van der Waals surface area contributed by atoms with Crippen LogP contribution in [0, 0.1) is 0 Å². The summed E-state index contributed by atoms with van der Waals surface area (Å²) >= 11 is 0. The number of esters is 1. The number of rotatable bonds is 55. The molecule has 2 atom stereocenters. The fraction of sp³-hybridized carbons (Fsp3) is 0.900. The predicted octanol–water partition coefficient (Wildman–Crippen LogP) is 18.2. The maximum atomic E-state index is 12.5. The topological polar surface area (TPSA) is 95.9 Å². The van der Waals surface area contributed by atoms with Crippen LogP contribution in [-0.2, 0) is 14.3 Å². The summed E-state index contributed by atoms with van der Waals surface area (Å²) in [4.78, 5) is 24.5. The Morgan fingerprint density at radius 3 is 1.08 bits per heavy atom. The number of hydrogen-bond acceptors (Lipinski definition) is 5. The first-order chi connectivity index (χ1) is 32.5. The van der Waals surface area contributed by atoms with Gasteiger partial charge in [0.1, 0.15) is 0 Å². The van der Waals surface area contributed by atoms with E-state index in [1.54, 1.807) is 6.08 Å². The molecule has 0 aromatic heterocycles. The molecule has 3 N–H and O–H groups in total. The minimum Gasteiger partial charge on any atom is -0.466 e. The van der Waals surface area contributed by atoms with Crippen LogP contribution >= 0.6 is 0 Å². The number of ether oxygens (including phenoxy) is 1. The van der Waals surface area contributed by atoms with Crippen molar-refractivity contribution < 1.29 is 24.5 Å². The van der Waals surface area contributed by atoms with Gasteiger partial charge in [-0.2, -0.15) is 0 Å². The smallest absolute Gasteiger partial charge is 0.305 e. The van der Waals surface area contributed by atoms with E-state index < -0.39 is 12.1 Å². The summed E-state index contributed by atoms with van der Waals surface area (Å²) in [7, 11) is 0. The summed E-state index contributed by atoms with van der Waals surface area (Å²) in [6, 6.07) is -0.633. The van der Waals surface area contributed by atoms with Crippen LogP contribution in [0.5, 0.6) is 0 Å². The summed E-state index contributed by atoms with van der Waals surface area (Å²) in [5.74, 6) is -0.0674. The van der Waals surface area contributed by atoms with Gasteiger partial charge in [-0.15, -0.1) is 0 Å². The second kappa shape index (κ2) is 55.9. The van der Waals surface area contributed by atoms with Gasteiger partial charge in [0.25, 0.3) is 0 Å². The van der Waals surface area contributed by atoms with Crippen molar-refractivity contribution in [1.29, 1.82) is 0 Å². The molecule has 390 valence electrons. The molecule has 0 aromatic carbocycles. The van der Waals surface area contributed by atoms with Crippen LogP contribution in [0.2, 0.25) is 0 Å². The average Bonchev–Trinajstić information content (AvgIpc) is 3.32. The summed E-state index contributed by atoms with van der Waals surface area (Å²) in [5, 5.41) is 23.1. The highest BCUT2D eigenvalue weighted by Gasteiger charge is 2.18. The minimum atomic E-state index is -0.849. The second-order valence-corrected chi connectivity index (χ2v) is 20.3. The maximum absolute atomic E-state index is 12.5. The van der Waals surface area contributed by atoms with Gasteiger partial charge in [-0.05, 0) is 57.8 Å². The number of nitrogens with one attached hydrogen (secondary N) is 1. The van der Waals surface area contributed by atoms with Gasteiger partial charge in [0, 0.05) is 12.8 Å². The van der Waals surface area contributed by atoms with E-state index in [0.29, 0.717) is 19.4 Å². The van der Waals surface area contributed by atoms with Gasteiger partial charge >= 0.3 is 5.97 Å². The Morgan fingerprint density at radius 2 is 0.712 bits per heavy atom. The Kier molecular flexibility index (Phi) is 54.5. The molecule has 66 heavy (non-hydrogen) atoms. The van der Waals surface area contributed by atoms with E-state index in [-0.39, 0.29) is 18.5 Å². The highest BCUT2D eigenvalue weighted by atomic mass is 16.5. The Morgan fingerprint density at radius 1 is 0.409 bits per heavy atom. The molecule has 1 amide bonds. The molecule has 0 radical (unpaired) electrons. The number of aliphatic hydroxyl groups excluding tert-OH is 2. The van der Waals surface area contributed by atoms with Crippen molar-refractivity contribution in [2.45, 2.75) is 334 Å². The Bertz CT molecular complexity index is 1030. The number of hydrogen-bond donors (Lipinski definition) is 3. The van der Waals surface area contributed by atoms with Gasteiger partial charge in [0.15, 0.2) is 0 Å². The highest BCUT2D eigenvalue weighted by Crippen LogP contribution is 2.17. The molecule has 0 fully saturated rings. The number of allylic oxidation sites excluding steroid dienone is 3. The lowest BCUT2D eigenvalue weighted by Crippen LogP contribution is -2.45. The SMILES string of the molecule is CCCCCCCCCCCCCCC/C=C/C(O)C(CO)NC(=O)CCCCCCCCC/C=C\CCCCCCCCCCCOC(=O)CCCCCCCCCCCCCCCC. The molecule has 0 aliphatic heterocycles. The number of aliphatic hydroxyl groups is 2. The van der Waals surface area contributed by atoms with Crippen molar-refractivity contribution in [2.75, 3.05) is 13.2 Å². The molecule has 0 aliphatic carbocycles. The van der Waals surface area contributed by atoms with Crippen LogP contribution in [0.15, 0.2) is 24.3 Å². The average molecular weight is 931 g/mol. The van der Waals surface area contributed by atoms with E-state index in [2.05, 4.69) is 31.3 Å². The summed E-state index contributed by atoms with van der Waals surface area (Å²) in [6.07, 6.45) is 67.7. The third-order valence-corrected chi connectivity index (χ3v) is 13.7. The zero-order valence-electron chi connectivity index (χ0n) is 44.4. The molecule has 0 bridgehead atoms. The Labute approximate surface area is 411 Å². The van der Waals surface area contributed by atoms with Crippen molar-refractivity contribution in [3.05, 3.63) is 24.3 Å². The molecule has 2 unspecified atom stereocenters. The molecule has 0 saturated heterocycles. The Balaban J connectivity index is 3.45. The quantitative estimate of drug-likeness (QED) is 0.0321. The largest absolute Gasteiger partial charge is 0.466 e. The van der Waals surface area contributed by atoms with Crippen LogP contribution in [0.1, 0.15) is 322 Å². The first-order valence-corrected chi connectivity index (χ1v) is 29.6. The predicted molar refractivity (Wildman–Crippen MR) is 287 cm³/mol. The number of unbranched alkanes of at least 4 members (excludes halogenated alkanes) is 42. The maximum Gasteiger partial charge on any atom is 0.305 e. The minimum absolute atomic E-state index is 0.00794. The molecule has 0 aromatic rings. The molecule has 6 nitrogen and oxygen atoms in total. The van der Waals surface area contributed by atoms with Crippen LogP contribution in [0.25, 0.3) is 0 Å². The molecule has 0 spiro atoms. The molecule has 0 rings (SSSR count). The number of carbonyl (C=O) groups excluding carboxylic acids is 2. The van der Waals surface area contributed by atoms with Crippen molar-refractivity contribution in [3.63, 3.8) is 0 Å². The van der Waals surface area contributed by atoms with Crippen LogP contribution in [0.3, 0.4) is 0 Å². The molecule has 6 heteroatoms. The lowest BCUT2D eigenvalue weighted by molar-refractivity contribution is -0.143. The zero-order valence-corrected chi connectivity index (χ0v) is 44.4. The first-order valence-electron chi connectivity index (χ1n) is 29.6. The fourth-order valence-corrected chi connectivity index (χ4v) is 9.16. The van der Waals surface area contributed by atoms with E-state index in [1.165, 1.54) is 250 Å². The van der Waals surface area contributed by atoms with Crippen LogP contribution in [-0.4, -0.2) is 47.4 Å². The molecular formula is C60H115NO5. The first kappa shape index (κ1) is 64.3. The standard InChI is InChI=1S/C60H115NO5/c1-3-5-7-9-11-13-15-17-25-28-32-36-40-44-48-52-58(63)57(56-62)61-59(64)53-49-45-41-37-33-29-26-23-21-19-20-22-24-27-31-35-39-43-47-51-55-66-60(65)54-50-46-42-38-34-30-18-16-14-12-10-8-6-4-2/h19,21,48,52,57-58,62-63H,3-18,20,22-47,49-51,53-56H2,1-2H3,(H,61,64)/b21-19-,52-48+. The van der Waals surface area contributed by atoms with Gasteiger partial charge in [-0.25, -0.2) is 0 Å². The highest BCUT2D eigenvalue weighted by molar-refractivity contribution is 5.76. The van der Waals surface area contributed by atoms with Crippen molar-refractivity contribution in [2.24, 2.45) is 0 Å². The number of carbonyl (C=O) groups is 2. The molecule has 0 saturated carbocycles. The van der Waals surface area contributed by atoms with E-state index in [4.69, 9.17) is 4.74 Å². The van der Waals surface area contributed by atoms with Gasteiger partial charge in [-0.3, -0.25) is 9.59 Å². The fourth-order valence-electron chi connectivity index (χ4n) is 9.16. The van der Waals surface area contributed by atoms with Crippen LogP contribution < -0.4 is 5.32 Å². The molecule has 0 heterocycles. The van der Waals surface area contributed by atoms with Crippen molar-refractivity contribution >= 4 is 11.9 Å². The summed E-state index contributed by atoms with van der Waals surface area (Å²) < 4.78 is 5.48. The van der Waals surface area contributed by atoms with Gasteiger partial charge in [0.05, 0.1) is 25.4 Å². The normalized spacial score (nSPS) is 12.7.